The first kappa shape index (κ1) is 28.6. The second kappa shape index (κ2) is 11.4. The molecule has 1 N–H and O–H groups in total. The summed E-state index contributed by atoms with van der Waals surface area (Å²) >= 11 is 8.06. The lowest BCUT2D eigenvalue weighted by atomic mass is 10.1. The van der Waals surface area contributed by atoms with E-state index in [1.807, 2.05) is 29.5 Å². The highest BCUT2D eigenvalue weighted by molar-refractivity contribution is 14.1. The smallest absolute Gasteiger partial charge is 0.339 e. The molecular formula is C27H22ClIN2O7S. The molecule has 0 aliphatic carbocycles. The number of nitrogens with zero attached hydrogens (tertiary/aromatic N) is 1. The van der Waals surface area contributed by atoms with E-state index >= 15 is 0 Å². The summed E-state index contributed by atoms with van der Waals surface area (Å²) in [6.07, 6.45) is 1.29. The Morgan fingerprint density at radius 1 is 1.05 bits per heavy atom. The average Bonchev–Trinajstić information content (AvgIpc) is 2.87. The number of benzene rings is 3. The van der Waals surface area contributed by atoms with Crippen LogP contribution in [0.1, 0.15) is 23.6 Å². The second-order valence-electron chi connectivity index (χ2n) is 8.46. The fourth-order valence-corrected chi connectivity index (χ4v) is 5.77. The zero-order valence-corrected chi connectivity index (χ0v) is 24.7. The van der Waals surface area contributed by atoms with Gasteiger partial charge in [-0.2, -0.15) is 8.42 Å². The van der Waals surface area contributed by atoms with Gasteiger partial charge in [0.1, 0.15) is 10.5 Å². The molecule has 39 heavy (non-hydrogen) atoms. The summed E-state index contributed by atoms with van der Waals surface area (Å²) in [6.45, 7) is 5.39. The SMILES string of the molecule is CCOc1cc(/C=C2\C(=O)NC(=O)N(c3cccc(Cl)c3C)C2=O)cc(I)c1OS(=O)(=O)c1ccc(C)cc1. The maximum absolute atomic E-state index is 13.3. The lowest BCUT2D eigenvalue weighted by Gasteiger charge is -2.27. The summed E-state index contributed by atoms with van der Waals surface area (Å²) in [5.74, 6) is -1.67. The van der Waals surface area contributed by atoms with Crippen molar-refractivity contribution in [1.82, 2.24) is 5.32 Å². The molecule has 4 rings (SSSR count). The van der Waals surface area contributed by atoms with Crippen molar-refractivity contribution in [3.05, 3.63) is 85.5 Å². The van der Waals surface area contributed by atoms with Crippen LogP contribution in [0.25, 0.3) is 6.08 Å². The van der Waals surface area contributed by atoms with Gasteiger partial charge in [0.2, 0.25) is 0 Å². The van der Waals surface area contributed by atoms with Crippen LogP contribution in [0.15, 0.2) is 65.1 Å². The molecule has 1 saturated heterocycles. The molecule has 3 aromatic rings. The van der Waals surface area contributed by atoms with Crippen molar-refractivity contribution >= 4 is 73.9 Å². The number of anilines is 1. The number of imide groups is 2. The van der Waals surface area contributed by atoms with Gasteiger partial charge in [0.05, 0.1) is 15.9 Å². The maximum Gasteiger partial charge on any atom is 0.339 e. The topological polar surface area (TPSA) is 119 Å². The number of amides is 4. The first-order valence-corrected chi connectivity index (χ1v) is 14.4. The molecule has 0 bridgehead atoms. The Bertz CT molecular complexity index is 1640. The molecule has 0 unspecified atom stereocenters. The predicted molar refractivity (Wildman–Crippen MR) is 155 cm³/mol. The Balaban J connectivity index is 1.74. The predicted octanol–water partition coefficient (Wildman–Crippen LogP) is 5.39. The van der Waals surface area contributed by atoms with Crippen LogP contribution in [0.2, 0.25) is 5.02 Å². The highest BCUT2D eigenvalue weighted by Gasteiger charge is 2.37. The van der Waals surface area contributed by atoms with Crippen LogP contribution in [-0.4, -0.2) is 32.9 Å². The van der Waals surface area contributed by atoms with Gasteiger partial charge in [-0.25, -0.2) is 9.69 Å². The van der Waals surface area contributed by atoms with E-state index in [2.05, 4.69) is 5.32 Å². The molecular weight excluding hydrogens is 659 g/mol. The van der Waals surface area contributed by atoms with Gasteiger partial charge in [0.15, 0.2) is 11.5 Å². The van der Waals surface area contributed by atoms with E-state index in [9.17, 15) is 22.8 Å². The molecule has 3 aromatic carbocycles. The molecule has 9 nitrogen and oxygen atoms in total. The van der Waals surface area contributed by atoms with Crippen molar-refractivity contribution < 1.29 is 31.7 Å². The number of hydrogen-bond acceptors (Lipinski definition) is 7. The van der Waals surface area contributed by atoms with Gasteiger partial charge in [-0.3, -0.25) is 14.9 Å². The third-order valence-corrected chi connectivity index (χ3v) is 8.17. The Hall–Kier alpha value is -3.42. The number of carbonyl (C=O) groups is 3. The van der Waals surface area contributed by atoms with Crippen molar-refractivity contribution in [3.8, 4) is 11.5 Å². The molecule has 0 radical (unpaired) electrons. The monoisotopic (exact) mass is 680 g/mol. The van der Waals surface area contributed by atoms with Gasteiger partial charge in [0, 0.05) is 5.02 Å². The Kier molecular flexibility index (Phi) is 8.33. The van der Waals surface area contributed by atoms with Crippen LogP contribution in [0.4, 0.5) is 10.5 Å². The normalized spacial score (nSPS) is 14.9. The molecule has 1 aliphatic heterocycles. The molecule has 0 saturated carbocycles. The van der Waals surface area contributed by atoms with Gasteiger partial charge in [-0.1, -0.05) is 35.4 Å². The molecule has 1 fully saturated rings. The number of barbiturate groups is 1. The Morgan fingerprint density at radius 3 is 2.41 bits per heavy atom. The van der Waals surface area contributed by atoms with Crippen LogP contribution < -0.4 is 19.1 Å². The molecule has 1 heterocycles. The zero-order valence-electron chi connectivity index (χ0n) is 20.9. The summed E-state index contributed by atoms with van der Waals surface area (Å²) < 4.78 is 37.3. The van der Waals surface area contributed by atoms with Crippen LogP contribution in [0, 0.1) is 17.4 Å². The summed E-state index contributed by atoms with van der Waals surface area (Å²) in [7, 11) is -4.18. The first-order chi connectivity index (χ1) is 18.4. The Morgan fingerprint density at radius 2 is 1.74 bits per heavy atom. The van der Waals surface area contributed by atoms with Gasteiger partial charge in [-0.15, -0.1) is 0 Å². The third kappa shape index (κ3) is 5.94. The average molecular weight is 681 g/mol. The molecule has 0 atom stereocenters. The van der Waals surface area contributed by atoms with Crippen LogP contribution in [-0.2, 0) is 19.7 Å². The Labute approximate surface area is 244 Å². The van der Waals surface area contributed by atoms with Crippen molar-refractivity contribution in [2.24, 2.45) is 0 Å². The maximum atomic E-state index is 13.3. The van der Waals surface area contributed by atoms with E-state index in [4.69, 9.17) is 20.5 Å². The van der Waals surface area contributed by atoms with E-state index in [0.717, 1.165) is 10.5 Å². The van der Waals surface area contributed by atoms with E-state index in [0.29, 0.717) is 19.7 Å². The third-order valence-electron chi connectivity index (χ3n) is 5.73. The van der Waals surface area contributed by atoms with Crippen molar-refractivity contribution in [2.75, 3.05) is 11.5 Å². The van der Waals surface area contributed by atoms with Gasteiger partial charge in [0.25, 0.3) is 11.8 Å². The van der Waals surface area contributed by atoms with Gasteiger partial charge >= 0.3 is 16.1 Å². The van der Waals surface area contributed by atoms with Crippen molar-refractivity contribution in [2.45, 2.75) is 25.7 Å². The van der Waals surface area contributed by atoms with Crippen LogP contribution in [0.5, 0.6) is 11.5 Å². The highest BCUT2D eigenvalue weighted by Crippen LogP contribution is 2.37. The summed E-state index contributed by atoms with van der Waals surface area (Å²) in [5.41, 5.74) is 1.65. The summed E-state index contributed by atoms with van der Waals surface area (Å²) in [6, 6.07) is 13.0. The minimum atomic E-state index is -4.18. The first-order valence-electron chi connectivity index (χ1n) is 11.6. The van der Waals surface area contributed by atoms with Crippen molar-refractivity contribution in [1.29, 1.82) is 0 Å². The van der Waals surface area contributed by atoms with E-state index in [-0.39, 0.29) is 34.3 Å². The second-order valence-corrected chi connectivity index (χ2v) is 11.6. The number of urea groups is 1. The fraction of sp³-hybridized carbons (Fsp3) is 0.148. The zero-order chi connectivity index (χ0) is 28.5. The summed E-state index contributed by atoms with van der Waals surface area (Å²) in [4.78, 5) is 39.4. The van der Waals surface area contributed by atoms with E-state index in [1.165, 1.54) is 30.3 Å². The number of rotatable bonds is 7. The highest BCUT2D eigenvalue weighted by atomic mass is 127. The number of hydrogen-bond donors (Lipinski definition) is 1. The van der Waals surface area contributed by atoms with Crippen LogP contribution >= 0.6 is 34.2 Å². The molecule has 202 valence electrons. The fourth-order valence-electron chi connectivity index (χ4n) is 3.76. The molecule has 0 spiro atoms. The molecule has 1 aliphatic rings. The number of halogens is 2. The number of aryl methyl sites for hydroxylation is 1. The van der Waals surface area contributed by atoms with Crippen LogP contribution in [0.3, 0.4) is 0 Å². The minimum Gasteiger partial charge on any atom is -0.490 e. The molecule has 12 heteroatoms. The van der Waals surface area contributed by atoms with Gasteiger partial charge < -0.3 is 8.92 Å². The molecule has 4 amide bonds. The minimum absolute atomic E-state index is 0.0249. The number of ether oxygens (including phenoxy) is 1. The largest absolute Gasteiger partial charge is 0.490 e. The number of nitrogens with one attached hydrogen (secondary N) is 1. The van der Waals surface area contributed by atoms with Gasteiger partial charge in [-0.05, 0) is 97.0 Å². The standard InChI is InChI=1S/C27H22ClIN2O7S/c1-4-37-23-14-17(13-21(29)24(23)38-39(35,36)18-10-8-15(2)9-11-18)12-19-25(32)30-27(34)31(26(19)33)22-7-5-6-20(28)16(22)3/h5-14H,4H2,1-3H3,(H,30,32,34)/b19-12+. The van der Waals surface area contributed by atoms with E-state index < -0.39 is 28.0 Å². The lowest BCUT2D eigenvalue weighted by Crippen LogP contribution is -2.54. The quantitative estimate of drug-likeness (QED) is 0.154. The summed E-state index contributed by atoms with van der Waals surface area (Å²) in [5, 5.41) is 2.52. The lowest BCUT2D eigenvalue weighted by molar-refractivity contribution is -0.122. The van der Waals surface area contributed by atoms with E-state index in [1.54, 1.807) is 44.2 Å². The molecule has 0 aromatic heterocycles. The van der Waals surface area contributed by atoms with Crippen molar-refractivity contribution in [3.63, 3.8) is 0 Å². The number of carbonyl (C=O) groups excluding carboxylic acids is 3.